The third-order valence-electron chi connectivity index (χ3n) is 3.56. The number of hydrogen-bond acceptors (Lipinski definition) is 3. The summed E-state index contributed by atoms with van der Waals surface area (Å²) in [5.74, 6) is 0.952. The van der Waals surface area contributed by atoms with Crippen LogP contribution in [0.3, 0.4) is 0 Å². The molecule has 24 heavy (non-hydrogen) atoms. The Kier molecular flexibility index (Phi) is 6.67. The molecule has 0 spiro atoms. The molecule has 0 aliphatic rings. The standard InChI is InChI=1S/C19H22BrNO3/c1-4-10-24-18-16(20)11-14(12-17(18)23-3)19(22)21-15-8-6-13(5-2)7-9-15/h6-9,11-12H,4-5,10H2,1-3H3,(H,21,22). The summed E-state index contributed by atoms with van der Waals surface area (Å²) in [7, 11) is 1.56. The van der Waals surface area contributed by atoms with Crippen LogP contribution in [-0.2, 0) is 6.42 Å². The van der Waals surface area contributed by atoms with Gasteiger partial charge in [0.25, 0.3) is 5.91 Å². The molecule has 0 unspecified atom stereocenters. The normalized spacial score (nSPS) is 10.3. The van der Waals surface area contributed by atoms with E-state index in [0.29, 0.717) is 28.1 Å². The highest BCUT2D eigenvalue weighted by molar-refractivity contribution is 9.10. The Bertz CT molecular complexity index is 699. The molecule has 2 aromatic rings. The van der Waals surface area contributed by atoms with Crippen LogP contribution in [0.15, 0.2) is 40.9 Å². The number of methoxy groups -OCH3 is 1. The van der Waals surface area contributed by atoms with Crippen molar-refractivity contribution in [2.24, 2.45) is 0 Å². The molecule has 0 heterocycles. The molecule has 128 valence electrons. The number of anilines is 1. The fourth-order valence-corrected chi connectivity index (χ4v) is 2.78. The van der Waals surface area contributed by atoms with Crippen LogP contribution in [0.2, 0.25) is 0 Å². The Labute approximate surface area is 151 Å². The predicted molar refractivity (Wildman–Crippen MR) is 100 cm³/mol. The lowest BCUT2D eigenvalue weighted by atomic mass is 10.1. The first-order valence-corrected chi connectivity index (χ1v) is 8.79. The summed E-state index contributed by atoms with van der Waals surface area (Å²) >= 11 is 3.46. The topological polar surface area (TPSA) is 47.6 Å². The lowest BCUT2D eigenvalue weighted by molar-refractivity contribution is 0.102. The first kappa shape index (κ1) is 18.3. The third-order valence-corrected chi connectivity index (χ3v) is 4.15. The van der Waals surface area contributed by atoms with Crippen LogP contribution in [0.25, 0.3) is 0 Å². The minimum atomic E-state index is -0.194. The minimum Gasteiger partial charge on any atom is -0.493 e. The zero-order valence-electron chi connectivity index (χ0n) is 14.2. The van der Waals surface area contributed by atoms with Gasteiger partial charge in [0, 0.05) is 11.3 Å². The Hall–Kier alpha value is -2.01. The van der Waals surface area contributed by atoms with E-state index < -0.39 is 0 Å². The van der Waals surface area contributed by atoms with E-state index in [0.717, 1.165) is 18.5 Å². The number of nitrogens with one attached hydrogen (secondary N) is 1. The number of aryl methyl sites for hydroxylation is 1. The molecule has 0 fully saturated rings. The molecule has 0 atom stereocenters. The van der Waals surface area contributed by atoms with Gasteiger partial charge in [-0.15, -0.1) is 0 Å². The summed E-state index contributed by atoms with van der Waals surface area (Å²) < 4.78 is 11.7. The van der Waals surface area contributed by atoms with Crippen molar-refractivity contribution in [2.75, 3.05) is 19.0 Å². The van der Waals surface area contributed by atoms with Gasteiger partial charge in [0.05, 0.1) is 18.2 Å². The van der Waals surface area contributed by atoms with Gasteiger partial charge in [-0.3, -0.25) is 4.79 Å². The highest BCUT2D eigenvalue weighted by Crippen LogP contribution is 2.37. The van der Waals surface area contributed by atoms with E-state index in [2.05, 4.69) is 28.2 Å². The monoisotopic (exact) mass is 391 g/mol. The molecule has 2 aromatic carbocycles. The van der Waals surface area contributed by atoms with E-state index >= 15 is 0 Å². The smallest absolute Gasteiger partial charge is 0.255 e. The first-order valence-electron chi connectivity index (χ1n) is 7.99. The van der Waals surface area contributed by atoms with Crippen LogP contribution in [0.5, 0.6) is 11.5 Å². The zero-order valence-corrected chi connectivity index (χ0v) is 15.8. The number of carbonyl (C=O) groups is 1. The van der Waals surface area contributed by atoms with Crippen LogP contribution in [0, 0.1) is 0 Å². The molecule has 1 N–H and O–H groups in total. The second kappa shape index (κ2) is 8.73. The lowest BCUT2D eigenvalue weighted by Crippen LogP contribution is -2.12. The van der Waals surface area contributed by atoms with Crippen molar-refractivity contribution >= 4 is 27.5 Å². The van der Waals surface area contributed by atoms with Gasteiger partial charge in [0.15, 0.2) is 11.5 Å². The second-order valence-corrected chi connectivity index (χ2v) is 6.20. The van der Waals surface area contributed by atoms with E-state index in [9.17, 15) is 4.79 Å². The second-order valence-electron chi connectivity index (χ2n) is 5.34. The van der Waals surface area contributed by atoms with Gasteiger partial charge >= 0.3 is 0 Å². The SMILES string of the molecule is CCCOc1c(Br)cc(C(=O)Nc2ccc(CC)cc2)cc1OC. The quantitative estimate of drug-likeness (QED) is 0.717. The van der Waals surface area contributed by atoms with Crippen LogP contribution in [0.4, 0.5) is 5.69 Å². The predicted octanol–water partition coefficient (Wildman–Crippen LogP) is 5.06. The van der Waals surface area contributed by atoms with E-state index in [1.165, 1.54) is 5.56 Å². The molecule has 5 heteroatoms. The molecule has 0 bridgehead atoms. The van der Waals surface area contributed by atoms with Gasteiger partial charge in [-0.2, -0.15) is 0 Å². The summed E-state index contributed by atoms with van der Waals surface area (Å²) in [6, 6.07) is 11.2. The van der Waals surface area contributed by atoms with Crippen LogP contribution < -0.4 is 14.8 Å². The number of rotatable bonds is 7. The van der Waals surface area contributed by atoms with Crippen LogP contribution in [-0.4, -0.2) is 19.6 Å². The summed E-state index contributed by atoms with van der Waals surface area (Å²) in [6.07, 6.45) is 1.86. The molecular formula is C19H22BrNO3. The zero-order chi connectivity index (χ0) is 17.5. The van der Waals surface area contributed by atoms with Crippen LogP contribution in [0.1, 0.15) is 36.2 Å². The summed E-state index contributed by atoms with van der Waals surface area (Å²) in [4.78, 5) is 12.5. The molecular weight excluding hydrogens is 370 g/mol. The Morgan fingerprint density at radius 1 is 1.17 bits per heavy atom. The van der Waals surface area contributed by atoms with Crippen molar-refractivity contribution in [3.05, 3.63) is 52.0 Å². The van der Waals surface area contributed by atoms with E-state index in [1.807, 2.05) is 31.2 Å². The fraction of sp³-hybridized carbons (Fsp3) is 0.316. The van der Waals surface area contributed by atoms with Crippen molar-refractivity contribution in [3.63, 3.8) is 0 Å². The highest BCUT2D eigenvalue weighted by atomic mass is 79.9. The fourth-order valence-electron chi connectivity index (χ4n) is 2.22. The van der Waals surface area contributed by atoms with E-state index in [4.69, 9.17) is 9.47 Å². The molecule has 0 aliphatic heterocycles. The Morgan fingerprint density at radius 3 is 2.46 bits per heavy atom. The lowest BCUT2D eigenvalue weighted by Gasteiger charge is -2.14. The number of amides is 1. The van der Waals surface area contributed by atoms with E-state index in [1.54, 1.807) is 19.2 Å². The average molecular weight is 392 g/mol. The summed E-state index contributed by atoms with van der Waals surface area (Å²) in [6.45, 7) is 4.72. The Morgan fingerprint density at radius 2 is 1.88 bits per heavy atom. The Balaban J connectivity index is 2.20. The van der Waals surface area contributed by atoms with Gasteiger partial charge in [0.2, 0.25) is 0 Å². The molecule has 2 rings (SSSR count). The molecule has 0 aliphatic carbocycles. The maximum absolute atomic E-state index is 12.5. The van der Waals surface area contributed by atoms with Crippen molar-refractivity contribution in [2.45, 2.75) is 26.7 Å². The molecule has 0 aromatic heterocycles. The van der Waals surface area contributed by atoms with Gasteiger partial charge in [-0.1, -0.05) is 26.0 Å². The van der Waals surface area contributed by atoms with E-state index in [-0.39, 0.29) is 5.91 Å². The number of halogens is 1. The third kappa shape index (κ3) is 4.51. The number of carbonyl (C=O) groups excluding carboxylic acids is 1. The van der Waals surface area contributed by atoms with Crippen molar-refractivity contribution in [1.29, 1.82) is 0 Å². The number of hydrogen-bond donors (Lipinski definition) is 1. The maximum Gasteiger partial charge on any atom is 0.255 e. The van der Waals surface area contributed by atoms with Crippen molar-refractivity contribution in [3.8, 4) is 11.5 Å². The van der Waals surface area contributed by atoms with Crippen molar-refractivity contribution < 1.29 is 14.3 Å². The van der Waals surface area contributed by atoms with Gasteiger partial charge in [-0.25, -0.2) is 0 Å². The summed E-state index contributed by atoms with van der Waals surface area (Å²) in [5.41, 5.74) is 2.50. The molecule has 1 amide bonds. The largest absolute Gasteiger partial charge is 0.493 e. The van der Waals surface area contributed by atoms with Gasteiger partial charge < -0.3 is 14.8 Å². The molecule has 0 saturated carbocycles. The summed E-state index contributed by atoms with van der Waals surface area (Å²) in [5, 5.41) is 2.89. The minimum absolute atomic E-state index is 0.194. The first-order chi connectivity index (χ1) is 11.6. The van der Waals surface area contributed by atoms with Gasteiger partial charge in [-0.05, 0) is 58.6 Å². The van der Waals surface area contributed by atoms with Crippen LogP contribution >= 0.6 is 15.9 Å². The van der Waals surface area contributed by atoms with Crippen molar-refractivity contribution in [1.82, 2.24) is 0 Å². The van der Waals surface area contributed by atoms with Gasteiger partial charge in [0.1, 0.15) is 0 Å². The maximum atomic E-state index is 12.5. The molecule has 0 saturated heterocycles. The molecule has 4 nitrogen and oxygen atoms in total. The number of benzene rings is 2. The molecule has 0 radical (unpaired) electrons. The average Bonchev–Trinajstić information content (AvgIpc) is 2.60. The number of ether oxygens (including phenoxy) is 2. The highest BCUT2D eigenvalue weighted by Gasteiger charge is 2.15.